The quantitative estimate of drug-likeness (QED) is 0.0949. The van der Waals surface area contributed by atoms with Crippen LogP contribution in [-0.2, 0) is 41.1 Å². The fourth-order valence-corrected chi connectivity index (χ4v) is 14.4. The van der Waals surface area contributed by atoms with Crippen molar-refractivity contribution in [1.29, 1.82) is 0 Å². The highest BCUT2D eigenvalue weighted by Gasteiger charge is 2.55. The molecule has 1 aliphatic heterocycles. The normalized spacial score (nSPS) is 25.3. The van der Waals surface area contributed by atoms with Gasteiger partial charge in [-0.3, -0.25) is 19.1 Å². The minimum absolute atomic E-state index is 0.0948. The number of carbonyl (C=O) groups is 4. The van der Waals surface area contributed by atoms with Crippen LogP contribution in [0.2, 0.25) is 0 Å². The van der Waals surface area contributed by atoms with Crippen LogP contribution in [0.5, 0.6) is 0 Å². The van der Waals surface area contributed by atoms with Gasteiger partial charge in [-0.15, -0.1) is 0 Å². The van der Waals surface area contributed by atoms with Gasteiger partial charge in [0.2, 0.25) is 19.2 Å². The molecule has 324 valence electrons. The van der Waals surface area contributed by atoms with Crippen molar-refractivity contribution >= 4 is 31.2 Å². The van der Waals surface area contributed by atoms with Gasteiger partial charge in [-0.05, 0) is 103 Å². The van der Waals surface area contributed by atoms with Gasteiger partial charge < -0.3 is 25.0 Å². The van der Waals surface area contributed by atoms with Gasteiger partial charge in [0.25, 0.3) is 0 Å². The average molecular weight is 858 g/mol. The molecule has 3 N–H and O–H groups in total. The molecule has 1 heterocycles. The zero-order chi connectivity index (χ0) is 42.8. The van der Waals surface area contributed by atoms with Crippen LogP contribution in [0.1, 0.15) is 86.0 Å². The number of hydrogen-bond acceptors (Lipinski definition) is 7. The highest BCUT2D eigenvalue weighted by Crippen LogP contribution is 2.65. The number of carboxylic acids is 1. The summed E-state index contributed by atoms with van der Waals surface area (Å²) in [5.74, 6) is -1.85. The Morgan fingerprint density at radius 2 is 1.29 bits per heavy atom. The van der Waals surface area contributed by atoms with E-state index in [1.54, 1.807) is 0 Å². The Balaban J connectivity index is 0.951. The van der Waals surface area contributed by atoms with Gasteiger partial charge in [-0.25, -0.2) is 9.59 Å². The topological polar surface area (TPSA) is 151 Å². The lowest BCUT2D eigenvalue weighted by atomic mass is 9.54. The van der Waals surface area contributed by atoms with Gasteiger partial charge in [0.1, 0.15) is 24.5 Å². The van der Waals surface area contributed by atoms with Gasteiger partial charge in [-0.1, -0.05) is 109 Å². The van der Waals surface area contributed by atoms with Crippen molar-refractivity contribution in [3.63, 3.8) is 0 Å². The first-order valence-electron chi connectivity index (χ1n) is 22.4. The summed E-state index contributed by atoms with van der Waals surface area (Å²) in [4.78, 5) is 56.0. The summed E-state index contributed by atoms with van der Waals surface area (Å²) in [6, 6.07) is 32.9. The van der Waals surface area contributed by atoms with Crippen LogP contribution >= 0.6 is 7.37 Å². The first-order valence-corrected chi connectivity index (χ1v) is 24.2. The van der Waals surface area contributed by atoms with E-state index in [1.165, 1.54) is 4.90 Å². The molecule has 2 unspecified atom stereocenters. The first kappa shape index (κ1) is 42.1. The molecule has 4 atom stereocenters. The second-order valence-corrected chi connectivity index (χ2v) is 21.1. The van der Waals surface area contributed by atoms with E-state index in [4.69, 9.17) is 9.26 Å². The molecule has 62 heavy (non-hydrogen) atoms. The molecule has 5 fully saturated rings. The number of hydrogen-bond donors (Lipinski definition) is 3. The van der Waals surface area contributed by atoms with E-state index < -0.39 is 54.7 Å². The largest absolute Gasteiger partial charge is 0.480 e. The lowest BCUT2D eigenvalue weighted by Gasteiger charge is -2.57. The molecule has 0 aromatic heterocycles. The maximum absolute atomic E-state index is 16.0. The van der Waals surface area contributed by atoms with Crippen molar-refractivity contribution < 1.29 is 38.1 Å². The molecule has 4 aromatic carbocycles. The summed E-state index contributed by atoms with van der Waals surface area (Å²) >= 11 is 0. The minimum atomic E-state index is -3.93. The maximum atomic E-state index is 16.0. The Hall–Kier alpha value is -5.25. The Bertz CT molecular complexity index is 2260. The summed E-state index contributed by atoms with van der Waals surface area (Å²) < 4.78 is 29.1. The summed E-state index contributed by atoms with van der Waals surface area (Å²) in [7, 11) is -3.93. The first-order chi connectivity index (χ1) is 30.0. The molecule has 11 nitrogen and oxygen atoms in total. The summed E-state index contributed by atoms with van der Waals surface area (Å²) in [6.07, 6.45) is 6.08. The van der Waals surface area contributed by atoms with Gasteiger partial charge in [0.05, 0.1) is 5.60 Å². The van der Waals surface area contributed by atoms with Crippen LogP contribution < -0.4 is 10.6 Å². The average Bonchev–Trinajstić information content (AvgIpc) is 3.88. The minimum Gasteiger partial charge on any atom is -0.480 e. The third kappa shape index (κ3) is 8.98. The van der Waals surface area contributed by atoms with E-state index in [0.29, 0.717) is 37.1 Å². The number of fused-ring (bicyclic) bond motifs is 3. The van der Waals surface area contributed by atoms with Gasteiger partial charge in [-0.2, -0.15) is 0 Å². The van der Waals surface area contributed by atoms with Crippen LogP contribution in [0.4, 0.5) is 4.79 Å². The lowest BCUT2D eigenvalue weighted by molar-refractivity contribution is -0.141. The third-order valence-electron chi connectivity index (χ3n) is 14.1. The number of rotatable bonds is 16. The van der Waals surface area contributed by atoms with Crippen LogP contribution in [0.3, 0.4) is 0 Å². The van der Waals surface area contributed by atoms with Gasteiger partial charge in [0, 0.05) is 37.9 Å². The van der Waals surface area contributed by atoms with Crippen molar-refractivity contribution in [3.8, 4) is 11.1 Å². The number of aliphatic carboxylic acids is 1. The van der Waals surface area contributed by atoms with E-state index in [1.807, 2.05) is 84.9 Å². The number of benzene rings is 4. The Labute approximate surface area is 363 Å². The molecular weight excluding hydrogens is 802 g/mol. The smallest absolute Gasteiger partial charge is 0.410 e. The number of amides is 3. The van der Waals surface area contributed by atoms with Crippen molar-refractivity contribution in [1.82, 2.24) is 15.5 Å². The lowest BCUT2D eigenvalue weighted by Crippen LogP contribution is -2.53. The predicted octanol–water partition coefficient (Wildman–Crippen LogP) is 8.55. The fourth-order valence-electron chi connectivity index (χ4n) is 11.6. The van der Waals surface area contributed by atoms with Crippen molar-refractivity contribution in [2.45, 2.75) is 100 Å². The third-order valence-corrected chi connectivity index (χ3v) is 16.9. The molecule has 4 aromatic rings. The predicted molar refractivity (Wildman–Crippen MR) is 236 cm³/mol. The van der Waals surface area contributed by atoms with Crippen molar-refractivity contribution in [3.05, 3.63) is 131 Å². The summed E-state index contributed by atoms with van der Waals surface area (Å²) in [5, 5.41) is 15.9. The number of likely N-dealkylation sites (tertiary alicyclic amines) is 1. The van der Waals surface area contributed by atoms with E-state index in [2.05, 4.69) is 34.9 Å². The van der Waals surface area contributed by atoms with Crippen LogP contribution in [-0.4, -0.2) is 76.7 Å². The second kappa shape index (κ2) is 17.9. The molecule has 0 spiro atoms. The SMILES string of the molecule is O=C(CCP(=O)(OC12CC3CC(CC(C3)C1)C2)C(Cc1ccccc1)NC(=O)[C@@H]1CCCN1C(=O)OCC1c2ccccc2-c2ccccc21)N[C@@H](Cc1ccccc1)C(=O)O. The Kier molecular flexibility index (Phi) is 12.1. The number of ether oxygens (including phenoxy) is 1. The fraction of sp³-hybridized carbons (Fsp3) is 0.440. The molecule has 0 radical (unpaired) electrons. The number of carboxylic acid groups (broad SMARTS) is 1. The van der Waals surface area contributed by atoms with Gasteiger partial charge in [0.15, 0.2) is 0 Å². The number of carbonyl (C=O) groups excluding carboxylic acids is 3. The van der Waals surface area contributed by atoms with Crippen molar-refractivity contribution in [2.75, 3.05) is 19.3 Å². The van der Waals surface area contributed by atoms with E-state index in [9.17, 15) is 24.3 Å². The summed E-state index contributed by atoms with van der Waals surface area (Å²) in [5.41, 5.74) is 5.42. The molecule has 4 bridgehead atoms. The zero-order valence-electron chi connectivity index (χ0n) is 35.0. The van der Waals surface area contributed by atoms with Crippen LogP contribution in [0.15, 0.2) is 109 Å². The van der Waals surface area contributed by atoms with E-state index in [-0.39, 0.29) is 37.9 Å². The van der Waals surface area contributed by atoms with Crippen molar-refractivity contribution in [2.24, 2.45) is 17.8 Å². The van der Waals surface area contributed by atoms with Crippen LogP contribution in [0.25, 0.3) is 11.1 Å². The van der Waals surface area contributed by atoms with Crippen LogP contribution in [0, 0.1) is 17.8 Å². The van der Waals surface area contributed by atoms with E-state index >= 15 is 4.57 Å². The molecule has 1 saturated heterocycles. The standard InChI is InChI=1S/C50H56N3O8P/c54-45(51-43(48(56)57)27-33-12-3-1-4-13-33)21-23-62(59,61-50-29-35-24-36(30-50)26-37(25-35)31-50)46(28-34-14-5-2-6-15-34)52-47(55)44-20-11-22-53(44)49(58)60-32-42-40-18-9-7-16-38(40)39-17-8-10-19-41(39)42/h1-10,12-19,35-37,42-44,46H,11,20-32H2,(H,51,54)(H,52,55)(H,56,57)/t35?,36?,37?,43-,44-,46?,50?,62?/m0/s1. The molecule has 3 amide bonds. The zero-order valence-corrected chi connectivity index (χ0v) is 35.9. The van der Waals surface area contributed by atoms with Gasteiger partial charge >= 0.3 is 12.1 Å². The summed E-state index contributed by atoms with van der Waals surface area (Å²) in [6.45, 7) is 0.464. The second-order valence-electron chi connectivity index (χ2n) is 18.4. The Morgan fingerprint density at radius 3 is 1.87 bits per heavy atom. The number of nitrogens with one attached hydrogen (secondary N) is 2. The maximum Gasteiger partial charge on any atom is 0.410 e. The monoisotopic (exact) mass is 857 g/mol. The highest BCUT2D eigenvalue weighted by molar-refractivity contribution is 7.59. The molecule has 6 aliphatic rings. The number of nitrogens with zero attached hydrogens (tertiary/aromatic N) is 1. The molecular formula is C50H56N3O8P. The molecule has 12 heteroatoms. The molecule has 5 aliphatic carbocycles. The highest BCUT2D eigenvalue weighted by atomic mass is 31.2. The Morgan fingerprint density at radius 1 is 0.742 bits per heavy atom. The molecule has 4 saturated carbocycles. The van der Waals surface area contributed by atoms with E-state index in [0.717, 1.165) is 71.9 Å². The molecule has 10 rings (SSSR count).